The van der Waals surface area contributed by atoms with Crippen molar-refractivity contribution in [3.63, 3.8) is 0 Å². The summed E-state index contributed by atoms with van der Waals surface area (Å²) in [5.74, 6) is -1.25. The standard InChI is InChI=1S/C10H16N2O3/c11-9(13)5-12-7-1-2-8(12)4-6(3-7)10(14)15/h6-8H,1-5H2,(H2,11,13)(H,14,15). The molecule has 2 saturated heterocycles. The average molecular weight is 212 g/mol. The summed E-state index contributed by atoms with van der Waals surface area (Å²) in [4.78, 5) is 23.8. The van der Waals surface area contributed by atoms with Gasteiger partial charge >= 0.3 is 5.97 Å². The number of nitrogens with zero attached hydrogens (tertiary/aromatic N) is 1. The maximum Gasteiger partial charge on any atom is 0.306 e. The molecule has 2 aliphatic rings. The lowest BCUT2D eigenvalue weighted by atomic mass is 9.91. The van der Waals surface area contributed by atoms with Crippen molar-refractivity contribution in [1.29, 1.82) is 0 Å². The largest absolute Gasteiger partial charge is 0.481 e. The van der Waals surface area contributed by atoms with Gasteiger partial charge in [-0.05, 0) is 25.7 Å². The molecule has 0 radical (unpaired) electrons. The number of carbonyl (C=O) groups is 2. The van der Waals surface area contributed by atoms with Gasteiger partial charge < -0.3 is 10.8 Å². The monoisotopic (exact) mass is 212 g/mol. The lowest BCUT2D eigenvalue weighted by Gasteiger charge is -2.36. The highest BCUT2D eigenvalue weighted by Crippen LogP contribution is 2.38. The first-order valence-corrected chi connectivity index (χ1v) is 5.34. The van der Waals surface area contributed by atoms with Gasteiger partial charge in [-0.3, -0.25) is 14.5 Å². The van der Waals surface area contributed by atoms with Gasteiger partial charge in [-0.15, -0.1) is 0 Å². The van der Waals surface area contributed by atoms with Gasteiger partial charge in [0, 0.05) is 12.1 Å². The molecule has 2 bridgehead atoms. The van der Waals surface area contributed by atoms with E-state index in [0.717, 1.165) is 12.8 Å². The molecule has 0 spiro atoms. The molecule has 2 heterocycles. The third-order valence-electron chi connectivity index (χ3n) is 3.57. The second-order valence-electron chi connectivity index (χ2n) is 4.53. The first-order chi connectivity index (χ1) is 7.08. The van der Waals surface area contributed by atoms with Crippen LogP contribution in [0.25, 0.3) is 0 Å². The lowest BCUT2D eigenvalue weighted by Crippen LogP contribution is -2.48. The second kappa shape index (κ2) is 3.81. The number of primary amides is 1. The van der Waals surface area contributed by atoms with Gasteiger partial charge in [0.25, 0.3) is 0 Å². The highest BCUT2D eigenvalue weighted by atomic mass is 16.4. The van der Waals surface area contributed by atoms with Gasteiger partial charge in [0.2, 0.25) is 5.91 Å². The number of carboxylic acids is 1. The Labute approximate surface area is 88.2 Å². The van der Waals surface area contributed by atoms with Crippen LogP contribution in [0.15, 0.2) is 0 Å². The quantitative estimate of drug-likeness (QED) is 0.678. The van der Waals surface area contributed by atoms with Crippen molar-refractivity contribution in [3.05, 3.63) is 0 Å². The van der Waals surface area contributed by atoms with Crippen LogP contribution < -0.4 is 5.73 Å². The first kappa shape index (κ1) is 10.4. The summed E-state index contributed by atoms with van der Waals surface area (Å²) < 4.78 is 0. The van der Waals surface area contributed by atoms with Crippen LogP contribution in [-0.4, -0.2) is 40.5 Å². The molecule has 2 atom stereocenters. The third kappa shape index (κ3) is 1.97. The van der Waals surface area contributed by atoms with E-state index in [4.69, 9.17) is 10.8 Å². The number of amides is 1. The van der Waals surface area contributed by atoms with Crippen LogP contribution in [0.4, 0.5) is 0 Å². The highest BCUT2D eigenvalue weighted by molar-refractivity contribution is 5.76. The van der Waals surface area contributed by atoms with Crippen molar-refractivity contribution < 1.29 is 14.7 Å². The summed E-state index contributed by atoms with van der Waals surface area (Å²) in [6.45, 7) is 0.279. The zero-order valence-corrected chi connectivity index (χ0v) is 8.56. The van der Waals surface area contributed by atoms with E-state index in [1.165, 1.54) is 0 Å². The number of hydrogen-bond donors (Lipinski definition) is 2. The highest BCUT2D eigenvalue weighted by Gasteiger charge is 2.43. The molecule has 3 N–H and O–H groups in total. The van der Waals surface area contributed by atoms with Crippen molar-refractivity contribution in [2.24, 2.45) is 11.7 Å². The number of carboxylic acid groups (broad SMARTS) is 1. The topological polar surface area (TPSA) is 83.6 Å². The molecule has 5 heteroatoms. The van der Waals surface area contributed by atoms with E-state index in [1.54, 1.807) is 0 Å². The molecule has 2 rings (SSSR count). The first-order valence-electron chi connectivity index (χ1n) is 5.34. The van der Waals surface area contributed by atoms with Gasteiger partial charge in [0.1, 0.15) is 0 Å². The molecule has 0 saturated carbocycles. The Morgan fingerprint density at radius 1 is 1.27 bits per heavy atom. The Hall–Kier alpha value is -1.10. The van der Waals surface area contributed by atoms with Crippen LogP contribution in [0.1, 0.15) is 25.7 Å². The summed E-state index contributed by atoms with van der Waals surface area (Å²) in [6.07, 6.45) is 3.34. The van der Waals surface area contributed by atoms with Gasteiger partial charge in [-0.25, -0.2) is 0 Å². The zero-order chi connectivity index (χ0) is 11.0. The average Bonchev–Trinajstić information content (AvgIpc) is 2.40. The molecule has 0 aromatic heterocycles. The van der Waals surface area contributed by atoms with Crippen molar-refractivity contribution >= 4 is 11.9 Å². The van der Waals surface area contributed by atoms with Crippen LogP contribution >= 0.6 is 0 Å². The van der Waals surface area contributed by atoms with Crippen molar-refractivity contribution in [3.8, 4) is 0 Å². The van der Waals surface area contributed by atoms with Gasteiger partial charge in [0.15, 0.2) is 0 Å². The van der Waals surface area contributed by atoms with Gasteiger partial charge in [-0.2, -0.15) is 0 Å². The molecule has 2 aliphatic heterocycles. The minimum atomic E-state index is -0.703. The Morgan fingerprint density at radius 3 is 2.20 bits per heavy atom. The number of piperidine rings is 1. The fourth-order valence-corrected chi connectivity index (χ4v) is 2.91. The maximum atomic E-state index is 10.9. The predicted octanol–water partition coefficient (Wildman–Crippen LogP) is -0.201. The van der Waals surface area contributed by atoms with E-state index < -0.39 is 5.97 Å². The molecule has 0 aliphatic carbocycles. The van der Waals surface area contributed by atoms with Gasteiger partial charge in [-0.1, -0.05) is 0 Å². The second-order valence-corrected chi connectivity index (χ2v) is 4.53. The minimum Gasteiger partial charge on any atom is -0.481 e. The van der Waals surface area contributed by atoms with Crippen LogP contribution in [0, 0.1) is 5.92 Å². The normalized spacial score (nSPS) is 35.3. The van der Waals surface area contributed by atoms with E-state index >= 15 is 0 Å². The molecule has 15 heavy (non-hydrogen) atoms. The van der Waals surface area contributed by atoms with Crippen LogP contribution in [0.5, 0.6) is 0 Å². The minimum absolute atomic E-state index is 0.230. The Balaban J connectivity index is 2.03. The number of nitrogens with two attached hydrogens (primary N) is 1. The Bertz CT molecular complexity index is 278. The van der Waals surface area contributed by atoms with Crippen LogP contribution in [0.3, 0.4) is 0 Å². The number of carbonyl (C=O) groups excluding carboxylic acids is 1. The van der Waals surface area contributed by atoms with Crippen LogP contribution in [-0.2, 0) is 9.59 Å². The third-order valence-corrected chi connectivity index (χ3v) is 3.57. The van der Waals surface area contributed by atoms with Crippen LogP contribution in [0.2, 0.25) is 0 Å². The fraction of sp³-hybridized carbons (Fsp3) is 0.800. The fourth-order valence-electron chi connectivity index (χ4n) is 2.91. The SMILES string of the molecule is NC(=O)CN1C2CCC1CC(C(=O)O)C2. The smallest absolute Gasteiger partial charge is 0.306 e. The van der Waals surface area contributed by atoms with Crippen molar-refractivity contribution in [1.82, 2.24) is 4.90 Å². The molecular formula is C10H16N2O3. The number of rotatable bonds is 3. The summed E-state index contributed by atoms with van der Waals surface area (Å²) in [5, 5.41) is 8.96. The molecular weight excluding hydrogens is 196 g/mol. The molecule has 2 fully saturated rings. The lowest BCUT2D eigenvalue weighted by molar-refractivity contribution is -0.144. The maximum absolute atomic E-state index is 10.9. The zero-order valence-electron chi connectivity index (χ0n) is 8.56. The number of aliphatic carboxylic acids is 1. The van der Waals surface area contributed by atoms with E-state index in [2.05, 4.69) is 4.90 Å². The van der Waals surface area contributed by atoms with E-state index in [1.807, 2.05) is 0 Å². The molecule has 0 aromatic carbocycles. The molecule has 5 nitrogen and oxygen atoms in total. The van der Waals surface area contributed by atoms with Crippen molar-refractivity contribution in [2.45, 2.75) is 37.8 Å². The Kier molecular flexibility index (Phi) is 2.65. The van der Waals surface area contributed by atoms with Gasteiger partial charge in [0.05, 0.1) is 12.5 Å². The van der Waals surface area contributed by atoms with E-state index in [9.17, 15) is 9.59 Å². The van der Waals surface area contributed by atoms with E-state index in [-0.39, 0.29) is 30.5 Å². The summed E-state index contributed by atoms with van der Waals surface area (Å²) in [6, 6.07) is 0.495. The van der Waals surface area contributed by atoms with Crippen molar-refractivity contribution in [2.75, 3.05) is 6.54 Å². The predicted molar refractivity (Wildman–Crippen MR) is 53.1 cm³/mol. The molecule has 0 aromatic rings. The summed E-state index contributed by atoms with van der Waals surface area (Å²) in [5.41, 5.74) is 5.17. The molecule has 2 unspecified atom stereocenters. The Morgan fingerprint density at radius 2 is 1.80 bits per heavy atom. The molecule has 84 valence electrons. The summed E-state index contributed by atoms with van der Waals surface area (Å²) in [7, 11) is 0. The number of fused-ring (bicyclic) bond motifs is 2. The summed E-state index contributed by atoms with van der Waals surface area (Å²) >= 11 is 0. The molecule has 1 amide bonds. The van der Waals surface area contributed by atoms with E-state index in [0.29, 0.717) is 12.8 Å². The number of hydrogen-bond acceptors (Lipinski definition) is 3.